The molecule has 4 heteroatoms. The van der Waals surface area contributed by atoms with Crippen molar-refractivity contribution in [2.24, 2.45) is 0 Å². The predicted molar refractivity (Wildman–Crippen MR) is 126 cm³/mol. The molecule has 0 aliphatic heterocycles. The summed E-state index contributed by atoms with van der Waals surface area (Å²) < 4.78 is 5.82. The van der Waals surface area contributed by atoms with Crippen LogP contribution in [0.2, 0.25) is 5.02 Å². The van der Waals surface area contributed by atoms with E-state index in [9.17, 15) is 0 Å². The number of methoxy groups -OCH3 is 1. The van der Waals surface area contributed by atoms with Crippen molar-refractivity contribution in [3.05, 3.63) is 81.5 Å². The molecule has 0 aliphatic rings. The molecule has 2 aromatic carbocycles. The highest BCUT2D eigenvalue weighted by molar-refractivity contribution is 6.31. The minimum absolute atomic E-state index is 0.740. The van der Waals surface area contributed by atoms with Crippen molar-refractivity contribution in [3.8, 4) is 17.0 Å². The quantitative estimate of drug-likeness (QED) is 0.415. The summed E-state index contributed by atoms with van der Waals surface area (Å²) >= 11 is 6.34. The van der Waals surface area contributed by atoms with Crippen LogP contribution in [-0.4, -0.2) is 24.0 Å². The number of pyridine rings is 1. The normalized spacial score (nSPS) is 11.2. The molecule has 0 N–H and O–H groups in total. The van der Waals surface area contributed by atoms with E-state index in [1.807, 2.05) is 18.2 Å². The molecule has 0 spiro atoms. The number of hydrogen-bond donors (Lipinski definition) is 0. The molecule has 3 nitrogen and oxygen atoms in total. The van der Waals surface area contributed by atoms with E-state index >= 15 is 0 Å². The lowest BCUT2D eigenvalue weighted by Crippen LogP contribution is -2.19. The number of hydrogen-bond acceptors (Lipinski definition) is 3. The van der Waals surface area contributed by atoms with Crippen molar-refractivity contribution in [1.29, 1.82) is 0 Å². The fourth-order valence-corrected chi connectivity index (χ4v) is 4.18. The van der Waals surface area contributed by atoms with Crippen LogP contribution in [0, 0.1) is 6.92 Å². The lowest BCUT2D eigenvalue weighted by molar-refractivity contribution is 0.308. The van der Waals surface area contributed by atoms with Crippen molar-refractivity contribution in [3.63, 3.8) is 0 Å². The van der Waals surface area contributed by atoms with E-state index < -0.39 is 0 Å². The maximum absolute atomic E-state index is 6.34. The van der Waals surface area contributed by atoms with Crippen molar-refractivity contribution in [2.75, 3.05) is 14.2 Å². The highest BCUT2D eigenvalue weighted by atomic mass is 35.5. The van der Waals surface area contributed by atoms with Gasteiger partial charge in [0.1, 0.15) is 5.75 Å². The second kappa shape index (κ2) is 10.1. The van der Waals surface area contributed by atoms with Crippen LogP contribution in [0.5, 0.6) is 5.75 Å². The standard InChI is InChI=1S/C26H31ClN2O/c1-6-19-12-10-13-20(7-2)26(19)24-15-25(30-5)22(18(3)28-24)17-29(4)16-21-11-8-9-14-23(21)27/h8-15H,6-7,16-17H2,1-5H3. The van der Waals surface area contributed by atoms with Crippen LogP contribution in [-0.2, 0) is 25.9 Å². The zero-order chi connectivity index (χ0) is 21.7. The van der Waals surface area contributed by atoms with Gasteiger partial charge in [-0.2, -0.15) is 0 Å². The molecule has 0 radical (unpaired) electrons. The molecule has 0 fully saturated rings. The monoisotopic (exact) mass is 422 g/mol. The first-order valence-electron chi connectivity index (χ1n) is 10.6. The second-order valence-corrected chi connectivity index (χ2v) is 8.10. The summed E-state index contributed by atoms with van der Waals surface area (Å²) in [7, 11) is 3.83. The molecule has 1 heterocycles. The van der Waals surface area contributed by atoms with Gasteiger partial charge in [-0.1, -0.05) is 61.8 Å². The van der Waals surface area contributed by atoms with E-state index in [2.05, 4.69) is 63.1 Å². The molecule has 0 aliphatic carbocycles. The first-order valence-corrected chi connectivity index (χ1v) is 10.9. The molecule has 0 atom stereocenters. The van der Waals surface area contributed by atoms with Crippen LogP contribution in [0.15, 0.2) is 48.5 Å². The molecular weight excluding hydrogens is 392 g/mol. The van der Waals surface area contributed by atoms with Gasteiger partial charge in [0.25, 0.3) is 0 Å². The fourth-order valence-electron chi connectivity index (χ4n) is 3.99. The highest BCUT2D eigenvalue weighted by Crippen LogP contribution is 2.33. The van der Waals surface area contributed by atoms with Gasteiger partial charge < -0.3 is 4.74 Å². The Morgan fingerprint density at radius 2 is 1.57 bits per heavy atom. The van der Waals surface area contributed by atoms with Gasteiger partial charge in [-0.05, 0) is 49.6 Å². The van der Waals surface area contributed by atoms with Gasteiger partial charge >= 0.3 is 0 Å². The predicted octanol–water partition coefficient (Wildman–Crippen LogP) is 6.48. The van der Waals surface area contributed by atoms with Crippen LogP contribution in [0.3, 0.4) is 0 Å². The van der Waals surface area contributed by atoms with Crippen LogP contribution < -0.4 is 4.74 Å². The zero-order valence-electron chi connectivity index (χ0n) is 18.6. The number of ether oxygens (including phenoxy) is 1. The SMILES string of the molecule is CCc1cccc(CC)c1-c1cc(OC)c(CN(C)Cc2ccccc2Cl)c(C)n1. The smallest absolute Gasteiger partial charge is 0.127 e. The minimum Gasteiger partial charge on any atom is -0.496 e. The zero-order valence-corrected chi connectivity index (χ0v) is 19.4. The first-order chi connectivity index (χ1) is 14.5. The summed E-state index contributed by atoms with van der Waals surface area (Å²) in [5, 5.41) is 0.796. The number of benzene rings is 2. The van der Waals surface area contributed by atoms with Crippen molar-refractivity contribution < 1.29 is 4.74 Å². The summed E-state index contributed by atoms with van der Waals surface area (Å²) in [5.41, 5.74) is 8.13. The number of halogens is 1. The Kier molecular flexibility index (Phi) is 7.52. The van der Waals surface area contributed by atoms with Gasteiger partial charge in [0.15, 0.2) is 0 Å². The van der Waals surface area contributed by atoms with Crippen molar-refractivity contribution in [2.45, 2.75) is 46.7 Å². The average Bonchev–Trinajstić information content (AvgIpc) is 2.75. The molecule has 0 saturated carbocycles. The summed E-state index contributed by atoms with van der Waals surface area (Å²) in [6, 6.07) is 16.6. The number of rotatable bonds is 8. The first kappa shape index (κ1) is 22.3. The summed E-state index contributed by atoms with van der Waals surface area (Å²) in [5.74, 6) is 0.886. The summed E-state index contributed by atoms with van der Waals surface area (Å²) in [6.07, 6.45) is 1.96. The van der Waals surface area contributed by atoms with Gasteiger partial charge in [-0.25, -0.2) is 0 Å². The minimum atomic E-state index is 0.740. The molecule has 1 aromatic heterocycles. The third-order valence-electron chi connectivity index (χ3n) is 5.59. The molecule has 3 rings (SSSR count). The van der Waals surface area contributed by atoms with Gasteiger partial charge in [-0.3, -0.25) is 9.88 Å². The summed E-state index contributed by atoms with van der Waals surface area (Å²) in [4.78, 5) is 7.26. The Morgan fingerprint density at radius 1 is 0.933 bits per heavy atom. The van der Waals surface area contributed by atoms with Crippen LogP contribution in [0.1, 0.15) is 41.8 Å². The number of aryl methyl sites for hydroxylation is 3. The molecule has 0 unspecified atom stereocenters. The maximum Gasteiger partial charge on any atom is 0.127 e. The van der Waals surface area contributed by atoms with Gasteiger partial charge in [0.05, 0.1) is 12.8 Å². The number of nitrogens with zero attached hydrogens (tertiary/aromatic N) is 2. The molecule has 30 heavy (non-hydrogen) atoms. The molecule has 0 amide bonds. The van der Waals surface area contributed by atoms with Crippen LogP contribution in [0.4, 0.5) is 0 Å². The number of aromatic nitrogens is 1. The van der Waals surface area contributed by atoms with E-state index in [4.69, 9.17) is 21.3 Å². The Hall–Kier alpha value is -2.36. The van der Waals surface area contributed by atoms with Gasteiger partial charge in [-0.15, -0.1) is 0 Å². The van der Waals surface area contributed by atoms with E-state index in [0.29, 0.717) is 0 Å². The Bertz CT molecular complexity index is 994. The Morgan fingerprint density at radius 3 is 2.17 bits per heavy atom. The van der Waals surface area contributed by atoms with E-state index in [1.54, 1.807) is 7.11 Å². The van der Waals surface area contributed by atoms with Crippen molar-refractivity contribution in [1.82, 2.24) is 9.88 Å². The molecule has 0 saturated heterocycles. The third kappa shape index (κ3) is 4.85. The van der Waals surface area contributed by atoms with Gasteiger partial charge in [0, 0.05) is 41.0 Å². The van der Waals surface area contributed by atoms with Crippen LogP contribution in [0.25, 0.3) is 11.3 Å². The lowest BCUT2D eigenvalue weighted by atomic mass is 9.94. The fraction of sp³-hybridized carbons (Fsp3) is 0.346. The third-order valence-corrected chi connectivity index (χ3v) is 5.96. The maximum atomic E-state index is 6.34. The molecule has 0 bridgehead atoms. The topological polar surface area (TPSA) is 25.4 Å². The van der Waals surface area contributed by atoms with Gasteiger partial charge in [0.2, 0.25) is 0 Å². The van der Waals surface area contributed by atoms with E-state index in [-0.39, 0.29) is 0 Å². The van der Waals surface area contributed by atoms with E-state index in [0.717, 1.165) is 59.2 Å². The molecular formula is C26H31ClN2O. The molecule has 158 valence electrons. The largest absolute Gasteiger partial charge is 0.496 e. The Balaban J connectivity index is 1.95. The van der Waals surface area contributed by atoms with Crippen molar-refractivity contribution >= 4 is 11.6 Å². The second-order valence-electron chi connectivity index (χ2n) is 7.70. The lowest BCUT2D eigenvalue weighted by Gasteiger charge is -2.22. The van der Waals surface area contributed by atoms with Crippen LogP contribution >= 0.6 is 11.6 Å². The molecule has 3 aromatic rings. The Labute approximate surface area is 185 Å². The highest BCUT2D eigenvalue weighted by Gasteiger charge is 2.17. The summed E-state index contributed by atoms with van der Waals surface area (Å²) in [6.45, 7) is 7.97. The average molecular weight is 423 g/mol. The van der Waals surface area contributed by atoms with E-state index in [1.165, 1.54) is 16.7 Å².